The maximum absolute atomic E-state index is 11.9. The largest absolute Gasteiger partial charge is 0.484 e. The first-order valence-corrected chi connectivity index (χ1v) is 7.15. The van der Waals surface area contributed by atoms with Crippen molar-refractivity contribution in [3.63, 3.8) is 0 Å². The minimum Gasteiger partial charge on any atom is -0.484 e. The number of halogens is 2. The highest BCUT2D eigenvalue weighted by atomic mass is 127. The van der Waals surface area contributed by atoms with E-state index in [2.05, 4.69) is 22.6 Å². The van der Waals surface area contributed by atoms with Gasteiger partial charge >= 0.3 is 0 Å². The lowest BCUT2D eigenvalue weighted by Gasteiger charge is -2.30. The number of nitrogens with zero attached hydrogens (tertiary/aromatic N) is 1. The van der Waals surface area contributed by atoms with Crippen molar-refractivity contribution in [3.8, 4) is 5.75 Å². The first-order chi connectivity index (χ1) is 8.65. The highest BCUT2D eigenvalue weighted by molar-refractivity contribution is 14.1. The molecular formula is C13H18ClIN2O2. The Morgan fingerprint density at radius 2 is 2.11 bits per heavy atom. The molecule has 106 valence electrons. The van der Waals surface area contributed by atoms with Gasteiger partial charge in [0.2, 0.25) is 0 Å². The molecule has 4 nitrogen and oxygen atoms in total. The third kappa shape index (κ3) is 5.16. The van der Waals surface area contributed by atoms with Gasteiger partial charge in [-0.3, -0.25) is 4.79 Å². The van der Waals surface area contributed by atoms with Crippen LogP contribution in [0, 0.1) is 3.57 Å². The summed E-state index contributed by atoms with van der Waals surface area (Å²) in [4.78, 5) is 13.7. The van der Waals surface area contributed by atoms with Crippen molar-refractivity contribution in [1.82, 2.24) is 4.90 Å². The summed E-state index contributed by atoms with van der Waals surface area (Å²) in [6.45, 7) is 1.53. The molecule has 1 saturated heterocycles. The summed E-state index contributed by atoms with van der Waals surface area (Å²) in [5.74, 6) is 0.744. The van der Waals surface area contributed by atoms with E-state index in [9.17, 15) is 4.79 Å². The number of piperidine rings is 1. The second-order valence-electron chi connectivity index (χ2n) is 4.48. The molecule has 0 bridgehead atoms. The highest BCUT2D eigenvalue weighted by Gasteiger charge is 2.21. The molecule has 1 amide bonds. The van der Waals surface area contributed by atoms with E-state index < -0.39 is 0 Å². The van der Waals surface area contributed by atoms with Crippen molar-refractivity contribution in [2.24, 2.45) is 5.73 Å². The van der Waals surface area contributed by atoms with E-state index in [1.54, 1.807) is 4.90 Å². The fourth-order valence-corrected chi connectivity index (χ4v) is 2.36. The molecule has 1 aromatic rings. The number of rotatable bonds is 3. The van der Waals surface area contributed by atoms with E-state index in [0.29, 0.717) is 6.54 Å². The molecule has 1 aliphatic heterocycles. The summed E-state index contributed by atoms with van der Waals surface area (Å²) in [5.41, 5.74) is 5.85. The van der Waals surface area contributed by atoms with Crippen molar-refractivity contribution >= 4 is 40.9 Å². The van der Waals surface area contributed by atoms with Crippen molar-refractivity contribution in [1.29, 1.82) is 0 Å². The lowest BCUT2D eigenvalue weighted by molar-refractivity contribution is -0.134. The van der Waals surface area contributed by atoms with Crippen molar-refractivity contribution in [3.05, 3.63) is 27.8 Å². The molecule has 0 radical (unpaired) electrons. The minimum absolute atomic E-state index is 0. The smallest absolute Gasteiger partial charge is 0.260 e. The van der Waals surface area contributed by atoms with Crippen molar-refractivity contribution < 1.29 is 9.53 Å². The number of likely N-dealkylation sites (tertiary alicyclic amines) is 1. The Bertz CT molecular complexity index is 414. The molecule has 19 heavy (non-hydrogen) atoms. The molecule has 1 heterocycles. The summed E-state index contributed by atoms with van der Waals surface area (Å²) in [5, 5.41) is 0. The minimum atomic E-state index is 0. The molecule has 6 heteroatoms. The average molecular weight is 397 g/mol. The molecule has 0 spiro atoms. The van der Waals surface area contributed by atoms with Gasteiger partial charge in [-0.25, -0.2) is 0 Å². The average Bonchev–Trinajstić information content (AvgIpc) is 2.38. The van der Waals surface area contributed by atoms with Gasteiger partial charge in [0.1, 0.15) is 5.75 Å². The standard InChI is InChI=1S/C13H17IN2O2.ClH/c14-10-3-5-12(6-4-10)18-9-13(17)16-7-1-2-11(15)8-16;/h3-6,11H,1-2,7-9,15H2;1H. The second kappa shape index (κ2) is 7.91. The SMILES string of the molecule is Cl.NC1CCCN(C(=O)COc2ccc(I)cc2)C1. The Kier molecular flexibility index (Phi) is 6.88. The normalized spacial score (nSPS) is 18.6. The molecule has 1 atom stereocenters. The van der Waals surface area contributed by atoms with Gasteiger partial charge < -0.3 is 15.4 Å². The molecule has 0 aliphatic carbocycles. The molecule has 2 N–H and O–H groups in total. The Balaban J connectivity index is 0.00000180. The first kappa shape index (κ1) is 16.5. The fourth-order valence-electron chi connectivity index (χ4n) is 2.00. The number of carbonyl (C=O) groups is 1. The molecule has 1 fully saturated rings. The van der Waals surface area contributed by atoms with Gasteiger partial charge in [-0.2, -0.15) is 0 Å². The summed E-state index contributed by atoms with van der Waals surface area (Å²) in [6.07, 6.45) is 1.98. The van der Waals surface area contributed by atoms with E-state index in [-0.39, 0.29) is 31.0 Å². The fraction of sp³-hybridized carbons (Fsp3) is 0.462. The molecule has 1 aromatic carbocycles. The number of benzene rings is 1. The van der Waals surface area contributed by atoms with Gasteiger partial charge in [-0.05, 0) is 59.7 Å². The monoisotopic (exact) mass is 396 g/mol. The number of hydrogen-bond donors (Lipinski definition) is 1. The highest BCUT2D eigenvalue weighted by Crippen LogP contribution is 2.14. The van der Waals surface area contributed by atoms with Gasteiger partial charge in [-0.15, -0.1) is 12.4 Å². The maximum Gasteiger partial charge on any atom is 0.260 e. The van der Waals surface area contributed by atoms with Gasteiger partial charge in [0.25, 0.3) is 5.91 Å². The third-order valence-electron chi connectivity index (χ3n) is 2.99. The van der Waals surface area contributed by atoms with Crippen LogP contribution in [0.1, 0.15) is 12.8 Å². The van der Waals surface area contributed by atoms with Crippen LogP contribution in [0.5, 0.6) is 5.75 Å². The Hall–Kier alpha value is -0.530. The van der Waals surface area contributed by atoms with E-state index in [1.807, 2.05) is 24.3 Å². The van der Waals surface area contributed by atoms with Crippen molar-refractivity contribution in [2.45, 2.75) is 18.9 Å². The lowest BCUT2D eigenvalue weighted by atomic mass is 10.1. The predicted molar refractivity (Wildman–Crippen MR) is 85.7 cm³/mol. The quantitative estimate of drug-likeness (QED) is 0.796. The molecule has 1 unspecified atom stereocenters. The molecule has 0 aromatic heterocycles. The maximum atomic E-state index is 11.9. The molecule has 2 rings (SSSR count). The first-order valence-electron chi connectivity index (χ1n) is 6.07. The Labute approximate surface area is 133 Å². The third-order valence-corrected chi connectivity index (χ3v) is 3.71. The molecular weight excluding hydrogens is 379 g/mol. The lowest BCUT2D eigenvalue weighted by Crippen LogP contribution is -2.47. The van der Waals surface area contributed by atoms with Crippen LogP contribution in [-0.2, 0) is 4.79 Å². The Morgan fingerprint density at radius 1 is 1.42 bits per heavy atom. The van der Waals surface area contributed by atoms with Crippen molar-refractivity contribution in [2.75, 3.05) is 19.7 Å². The van der Waals surface area contributed by atoms with E-state index >= 15 is 0 Å². The van der Waals surface area contributed by atoms with Gasteiger partial charge in [0, 0.05) is 22.7 Å². The van der Waals surface area contributed by atoms with Crippen LogP contribution in [0.3, 0.4) is 0 Å². The Morgan fingerprint density at radius 3 is 2.74 bits per heavy atom. The van der Waals surface area contributed by atoms with Crippen LogP contribution >= 0.6 is 35.0 Å². The number of nitrogens with two attached hydrogens (primary N) is 1. The van der Waals surface area contributed by atoms with Crippen LogP contribution in [0.15, 0.2) is 24.3 Å². The number of ether oxygens (including phenoxy) is 1. The second-order valence-corrected chi connectivity index (χ2v) is 5.73. The van der Waals surface area contributed by atoms with E-state index in [0.717, 1.165) is 28.7 Å². The topological polar surface area (TPSA) is 55.6 Å². The summed E-state index contributed by atoms with van der Waals surface area (Å²) in [7, 11) is 0. The predicted octanol–water partition coefficient (Wildman–Crippen LogP) is 2.04. The summed E-state index contributed by atoms with van der Waals surface area (Å²) < 4.78 is 6.62. The zero-order valence-corrected chi connectivity index (χ0v) is 13.5. The molecule has 1 aliphatic rings. The number of hydrogen-bond acceptors (Lipinski definition) is 3. The van der Waals surface area contributed by atoms with Crippen LogP contribution < -0.4 is 10.5 Å². The number of carbonyl (C=O) groups excluding carboxylic acids is 1. The zero-order valence-electron chi connectivity index (χ0n) is 10.5. The van der Waals surface area contributed by atoms with Gasteiger partial charge in [-0.1, -0.05) is 0 Å². The summed E-state index contributed by atoms with van der Waals surface area (Å²) in [6, 6.07) is 7.77. The van der Waals surface area contributed by atoms with Crippen LogP contribution in [0.2, 0.25) is 0 Å². The van der Waals surface area contributed by atoms with Crippen LogP contribution in [-0.4, -0.2) is 36.5 Å². The number of amides is 1. The van der Waals surface area contributed by atoms with Gasteiger partial charge in [0.15, 0.2) is 6.61 Å². The summed E-state index contributed by atoms with van der Waals surface area (Å²) >= 11 is 2.23. The van der Waals surface area contributed by atoms with Crippen LogP contribution in [0.25, 0.3) is 0 Å². The van der Waals surface area contributed by atoms with Crippen LogP contribution in [0.4, 0.5) is 0 Å². The van der Waals surface area contributed by atoms with Gasteiger partial charge in [0.05, 0.1) is 0 Å². The van der Waals surface area contributed by atoms with E-state index in [4.69, 9.17) is 10.5 Å². The van der Waals surface area contributed by atoms with E-state index in [1.165, 1.54) is 0 Å². The molecule has 0 saturated carbocycles. The zero-order chi connectivity index (χ0) is 13.0.